The van der Waals surface area contributed by atoms with Crippen molar-refractivity contribution in [3.8, 4) is 5.88 Å². The number of carbonyl (C=O) groups is 1. The van der Waals surface area contributed by atoms with Crippen LogP contribution in [-0.2, 0) is 6.54 Å². The first-order valence-electron chi connectivity index (χ1n) is 7.36. The van der Waals surface area contributed by atoms with E-state index in [2.05, 4.69) is 9.97 Å². The second kappa shape index (κ2) is 6.75. The predicted octanol–water partition coefficient (Wildman–Crippen LogP) is 3.36. The molecule has 3 aromatic rings. The lowest BCUT2D eigenvalue weighted by molar-refractivity contribution is 0.0784. The number of pyridine rings is 1. The molecule has 0 spiro atoms. The lowest BCUT2D eigenvalue weighted by Crippen LogP contribution is -2.26. The van der Waals surface area contributed by atoms with Crippen LogP contribution >= 0.6 is 11.3 Å². The molecule has 0 N–H and O–H groups in total. The number of aromatic nitrogens is 2. The first kappa shape index (κ1) is 15.4. The minimum atomic E-state index is -0.0835. The maximum absolute atomic E-state index is 12.5. The van der Waals surface area contributed by atoms with E-state index in [1.54, 1.807) is 41.6 Å². The molecule has 118 valence electrons. The first-order valence-corrected chi connectivity index (χ1v) is 8.18. The number of benzene rings is 1. The summed E-state index contributed by atoms with van der Waals surface area (Å²) in [6, 6.07) is 11.4. The number of fused-ring (bicyclic) bond motifs is 1. The highest BCUT2D eigenvalue weighted by atomic mass is 32.1. The summed E-state index contributed by atoms with van der Waals surface area (Å²) in [7, 11) is 1.77. The molecule has 0 unspecified atom stereocenters. The highest BCUT2D eigenvalue weighted by Crippen LogP contribution is 2.22. The highest BCUT2D eigenvalue weighted by Gasteiger charge is 2.14. The van der Waals surface area contributed by atoms with E-state index in [4.69, 9.17) is 4.74 Å². The summed E-state index contributed by atoms with van der Waals surface area (Å²) in [6.07, 6.45) is 1.54. The van der Waals surface area contributed by atoms with E-state index in [0.717, 1.165) is 15.2 Å². The minimum absolute atomic E-state index is 0.0835. The van der Waals surface area contributed by atoms with Crippen LogP contribution in [0.4, 0.5) is 0 Å². The van der Waals surface area contributed by atoms with Gasteiger partial charge in [0.05, 0.1) is 28.9 Å². The number of thiazole rings is 1. The maximum atomic E-state index is 12.5. The van der Waals surface area contributed by atoms with Crippen LogP contribution < -0.4 is 4.74 Å². The minimum Gasteiger partial charge on any atom is -0.478 e. The smallest absolute Gasteiger partial charge is 0.255 e. The SMILES string of the molecule is CCOc1ccc(C(=O)N(C)Cc2nc3ccccc3s2)cn1. The van der Waals surface area contributed by atoms with Gasteiger partial charge in [-0.15, -0.1) is 11.3 Å². The zero-order valence-electron chi connectivity index (χ0n) is 13.0. The summed E-state index contributed by atoms with van der Waals surface area (Å²) in [5, 5.41) is 0.918. The van der Waals surface area contributed by atoms with Crippen molar-refractivity contribution in [1.82, 2.24) is 14.9 Å². The average Bonchev–Trinajstić information content (AvgIpc) is 2.97. The van der Waals surface area contributed by atoms with Gasteiger partial charge in [0, 0.05) is 19.3 Å². The summed E-state index contributed by atoms with van der Waals surface area (Å²) < 4.78 is 6.42. The zero-order valence-corrected chi connectivity index (χ0v) is 13.8. The molecule has 0 aliphatic rings. The standard InChI is InChI=1S/C17H17N3O2S/c1-3-22-15-9-8-12(10-18-15)17(21)20(2)11-16-19-13-6-4-5-7-14(13)23-16/h4-10H,3,11H2,1-2H3. The zero-order chi connectivity index (χ0) is 16.2. The monoisotopic (exact) mass is 327 g/mol. The van der Waals surface area contributed by atoms with Gasteiger partial charge in [-0.3, -0.25) is 4.79 Å². The molecule has 23 heavy (non-hydrogen) atoms. The predicted molar refractivity (Wildman–Crippen MR) is 90.8 cm³/mol. The Morgan fingerprint density at radius 3 is 2.78 bits per heavy atom. The fourth-order valence-corrected chi connectivity index (χ4v) is 3.24. The van der Waals surface area contributed by atoms with Gasteiger partial charge < -0.3 is 9.64 Å². The van der Waals surface area contributed by atoms with Gasteiger partial charge in [0.15, 0.2) is 0 Å². The molecule has 0 fully saturated rings. The molecular formula is C17H17N3O2S. The van der Waals surface area contributed by atoms with Crippen molar-refractivity contribution in [2.75, 3.05) is 13.7 Å². The topological polar surface area (TPSA) is 55.3 Å². The van der Waals surface area contributed by atoms with E-state index in [1.807, 2.05) is 31.2 Å². The van der Waals surface area contributed by atoms with Crippen molar-refractivity contribution in [3.63, 3.8) is 0 Å². The number of ether oxygens (including phenoxy) is 1. The third-order valence-corrected chi connectivity index (χ3v) is 4.35. The molecular weight excluding hydrogens is 310 g/mol. The Morgan fingerprint density at radius 2 is 2.09 bits per heavy atom. The molecule has 0 radical (unpaired) electrons. The molecule has 1 amide bonds. The molecule has 0 bridgehead atoms. The van der Waals surface area contributed by atoms with Crippen molar-refractivity contribution in [2.24, 2.45) is 0 Å². The third kappa shape index (κ3) is 3.48. The van der Waals surface area contributed by atoms with Crippen molar-refractivity contribution >= 4 is 27.5 Å². The second-order valence-electron chi connectivity index (χ2n) is 5.05. The largest absolute Gasteiger partial charge is 0.478 e. The van der Waals surface area contributed by atoms with Gasteiger partial charge in [-0.2, -0.15) is 0 Å². The summed E-state index contributed by atoms with van der Waals surface area (Å²) in [5.41, 5.74) is 1.51. The van der Waals surface area contributed by atoms with E-state index in [1.165, 1.54) is 0 Å². The van der Waals surface area contributed by atoms with Crippen LogP contribution in [0.5, 0.6) is 5.88 Å². The fraction of sp³-hybridized carbons (Fsp3) is 0.235. The molecule has 6 heteroatoms. The number of amides is 1. The quantitative estimate of drug-likeness (QED) is 0.721. The Hall–Kier alpha value is -2.47. The van der Waals surface area contributed by atoms with Gasteiger partial charge >= 0.3 is 0 Å². The molecule has 0 atom stereocenters. The first-order chi connectivity index (χ1) is 11.2. The number of hydrogen-bond donors (Lipinski definition) is 0. The molecule has 0 saturated heterocycles. The van der Waals surface area contributed by atoms with Gasteiger partial charge in [-0.05, 0) is 25.1 Å². The third-order valence-electron chi connectivity index (χ3n) is 3.33. The Bertz CT molecular complexity index is 781. The second-order valence-corrected chi connectivity index (χ2v) is 6.17. The van der Waals surface area contributed by atoms with Gasteiger partial charge in [-0.1, -0.05) is 12.1 Å². The van der Waals surface area contributed by atoms with Crippen molar-refractivity contribution in [2.45, 2.75) is 13.5 Å². The van der Waals surface area contributed by atoms with Gasteiger partial charge in [0.25, 0.3) is 5.91 Å². The summed E-state index contributed by atoms with van der Waals surface area (Å²) in [5.74, 6) is 0.442. The van der Waals surface area contributed by atoms with E-state index in [0.29, 0.717) is 24.6 Å². The lowest BCUT2D eigenvalue weighted by atomic mass is 10.2. The van der Waals surface area contributed by atoms with E-state index >= 15 is 0 Å². The van der Waals surface area contributed by atoms with E-state index < -0.39 is 0 Å². The van der Waals surface area contributed by atoms with Crippen LogP contribution in [0.2, 0.25) is 0 Å². The highest BCUT2D eigenvalue weighted by molar-refractivity contribution is 7.18. The fourth-order valence-electron chi connectivity index (χ4n) is 2.22. The van der Waals surface area contributed by atoms with Gasteiger partial charge in [0.1, 0.15) is 5.01 Å². The Kier molecular flexibility index (Phi) is 4.52. The molecule has 0 saturated carbocycles. The number of carbonyl (C=O) groups excluding carboxylic acids is 1. The van der Waals surface area contributed by atoms with Crippen LogP contribution in [0.15, 0.2) is 42.6 Å². The maximum Gasteiger partial charge on any atom is 0.255 e. The van der Waals surface area contributed by atoms with Crippen LogP contribution in [-0.4, -0.2) is 34.4 Å². The van der Waals surface area contributed by atoms with Crippen molar-refractivity contribution in [1.29, 1.82) is 0 Å². The Labute approximate surface area is 138 Å². The van der Waals surface area contributed by atoms with Crippen LogP contribution in [0.3, 0.4) is 0 Å². The Balaban J connectivity index is 1.71. The molecule has 2 aromatic heterocycles. The Morgan fingerprint density at radius 1 is 1.26 bits per heavy atom. The number of nitrogens with zero attached hydrogens (tertiary/aromatic N) is 3. The van der Waals surface area contributed by atoms with Crippen LogP contribution in [0.1, 0.15) is 22.3 Å². The molecule has 0 aliphatic carbocycles. The lowest BCUT2D eigenvalue weighted by Gasteiger charge is -2.15. The normalized spacial score (nSPS) is 10.7. The van der Waals surface area contributed by atoms with Crippen LogP contribution in [0, 0.1) is 0 Å². The van der Waals surface area contributed by atoms with E-state index in [-0.39, 0.29) is 5.91 Å². The molecule has 0 aliphatic heterocycles. The average molecular weight is 327 g/mol. The van der Waals surface area contributed by atoms with Crippen molar-refractivity contribution in [3.05, 3.63) is 53.2 Å². The summed E-state index contributed by atoms with van der Waals surface area (Å²) >= 11 is 1.61. The summed E-state index contributed by atoms with van der Waals surface area (Å²) in [6.45, 7) is 2.93. The molecule has 1 aromatic carbocycles. The number of para-hydroxylation sites is 1. The number of rotatable bonds is 5. The summed E-state index contributed by atoms with van der Waals surface area (Å²) in [4.78, 5) is 22.8. The van der Waals surface area contributed by atoms with Gasteiger partial charge in [0.2, 0.25) is 5.88 Å². The molecule has 3 rings (SSSR count). The van der Waals surface area contributed by atoms with Gasteiger partial charge in [-0.25, -0.2) is 9.97 Å². The van der Waals surface area contributed by atoms with E-state index in [9.17, 15) is 4.79 Å². The van der Waals surface area contributed by atoms with Crippen molar-refractivity contribution < 1.29 is 9.53 Å². The van der Waals surface area contributed by atoms with Crippen LogP contribution in [0.25, 0.3) is 10.2 Å². The molecule has 5 nitrogen and oxygen atoms in total. The number of hydrogen-bond acceptors (Lipinski definition) is 5. The molecule has 2 heterocycles.